The zero-order chi connectivity index (χ0) is 10.3. The fraction of sp³-hybridized carbons (Fsp3) is 0.800. The lowest BCUT2D eigenvalue weighted by Crippen LogP contribution is -2.41. The van der Waals surface area contributed by atoms with Crippen molar-refractivity contribution in [2.24, 2.45) is 0 Å². The molecule has 0 bridgehead atoms. The van der Waals surface area contributed by atoms with Crippen molar-refractivity contribution in [1.82, 2.24) is 9.36 Å². The lowest BCUT2D eigenvalue weighted by molar-refractivity contribution is 0.0532. The summed E-state index contributed by atoms with van der Waals surface area (Å²) in [7, 11) is 0. The minimum Gasteiger partial charge on any atom is -0.375 e. The molecule has 0 N–H and O–H groups in total. The Morgan fingerprint density at radius 1 is 1.47 bits per heavy atom. The monoisotopic (exact) mass is 225 g/mol. The van der Waals surface area contributed by atoms with Gasteiger partial charge in [-0.05, 0) is 19.8 Å². The molecule has 1 aliphatic carbocycles. The van der Waals surface area contributed by atoms with E-state index in [-0.39, 0.29) is 0 Å². The Morgan fingerprint density at radius 2 is 2.33 bits per heavy atom. The SMILES string of the molecule is C[C@H]1CN(c2nc(C3CC3)ns2)CCO1. The highest BCUT2D eigenvalue weighted by molar-refractivity contribution is 7.09. The number of nitrogens with zero attached hydrogens (tertiary/aromatic N) is 3. The molecule has 0 spiro atoms. The highest BCUT2D eigenvalue weighted by atomic mass is 32.1. The highest BCUT2D eigenvalue weighted by Gasteiger charge is 2.29. The number of morpholine rings is 1. The molecule has 2 fully saturated rings. The van der Waals surface area contributed by atoms with Gasteiger partial charge in [0.2, 0.25) is 5.13 Å². The summed E-state index contributed by atoms with van der Waals surface area (Å²) < 4.78 is 9.94. The van der Waals surface area contributed by atoms with Crippen LogP contribution in [0.5, 0.6) is 0 Å². The molecule has 1 atom stereocenters. The number of hydrogen-bond donors (Lipinski definition) is 0. The first kappa shape index (κ1) is 9.54. The van der Waals surface area contributed by atoms with Gasteiger partial charge in [-0.25, -0.2) is 4.98 Å². The first-order valence-electron chi connectivity index (χ1n) is 5.53. The topological polar surface area (TPSA) is 38.2 Å². The number of ether oxygens (including phenoxy) is 1. The number of hydrogen-bond acceptors (Lipinski definition) is 5. The second-order valence-electron chi connectivity index (χ2n) is 4.34. The molecule has 1 aliphatic heterocycles. The molecule has 0 unspecified atom stereocenters. The van der Waals surface area contributed by atoms with Crippen LogP contribution in [0.2, 0.25) is 0 Å². The van der Waals surface area contributed by atoms with E-state index in [4.69, 9.17) is 4.74 Å². The fourth-order valence-electron chi connectivity index (χ4n) is 1.85. The smallest absolute Gasteiger partial charge is 0.205 e. The van der Waals surface area contributed by atoms with Crippen LogP contribution in [0.25, 0.3) is 0 Å². The summed E-state index contributed by atoms with van der Waals surface area (Å²) in [4.78, 5) is 6.90. The molecule has 82 valence electrons. The third-order valence-electron chi connectivity index (χ3n) is 2.89. The number of rotatable bonds is 2. The van der Waals surface area contributed by atoms with Crippen LogP contribution in [0.15, 0.2) is 0 Å². The van der Waals surface area contributed by atoms with Gasteiger partial charge in [0, 0.05) is 30.5 Å². The first-order valence-corrected chi connectivity index (χ1v) is 6.30. The molecule has 1 aromatic heterocycles. The van der Waals surface area contributed by atoms with Crippen LogP contribution in [0.3, 0.4) is 0 Å². The van der Waals surface area contributed by atoms with E-state index in [9.17, 15) is 0 Å². The molecule has 1 aromatic rings. The largest absolute Gasteiger partial charge is 0.375 e. The molecular formula is C10H15N3OS. The predicted molar refractivity (Wildman–Crippen MR) is 59.5 cm³/mol. The van der Waals surface area contributed by atoms with E-state index >= 15 is 0 Å². The van der Waals surface area contributed by atoms with Gasteiger partial charge in [0.05, 0.1) is 12.7 Å². The van der Waals surface area contributed by atoms with Gasteiger partial charge in [0.15, 0.2) is 0 Å². The molecule has 1 saturated heterocycles. The standard InChI is InChI=1S/C10H15N3OS/c1-7-6-13(4-5-14-7)10-11-9(12-15-10)8-2-3-8/h7-8H,2-6H2,1H3/t7-/m0/s1. The second kappa shape index (κ2) is 3.72. The molecule has 1 saturated carbocycles. The van der Waals surface area contributed by atoms with Gasteiger partial charge in [-0.3, -0.25) is 0 Å². The van der Waals surface area contributed by atoms with Gasteiger partial charge in [-0.15, -0.1) is 0 Å². The predicted octanol–water partition coefficient (Wildman–Crippen LogP) is 1.64. The van der Waals surface area contributed by atoms with Crippen LogP contribution >= 0.6 is 11.5 Å². The second-order valence-corrected chi connectivity index (χ2v) is 5.07. The van der Waals surface area contributed by atoms with Crippen LogP contribution in [-0.2, 0) is 4.74 Å². The molecule has 5 heteroatoms. The maximum atomic E-state index is 5.51. The van der Waals surface area contributed by atoms with E-state index in [0.29, 0.717) is 12.0 Å². The van der Waals surface area contributed by atoms with Crippen molar-refractivity contribution in [1.29, 1.82) is 0 Å². The summed E-state index contributed by atoms with van der Waals surface area (Å²) in [5, 5.41) is 1.08. The average Bonchev–Trinajstić information content (AvgIpc) is 2.97. The Morgan fingerprint density at radius 3 is 3.07 bits per heavy atom. The van der Waals surface area contributed by atoms with Gasteiger partial charge in [0.1, 0.15) is 5.82 Å². The summed E-state index contributed by atoms with van der Waals surface area (Å²) >= 11 is 1.54. The van der Waals surface area contributed by atoms with E-state index in [0.717, 1.165) is 30.7 Å². The van der Waals surface area contributed by atoms with E-state index in [2.05, 4.69) is 21.2 Å². The van der Waals surface area contributed by atoms with Crippen molar-refractivity contribution in [3.63, 3.8) is 0 Å². The molecule has 2 aliphatic rings. The van der Waals surface area contributed by atoms with Crippen molar-refractivity contribution < 1.29 is 4.74 Å². The minimum atomic E-state index is 0.312. The molecule has 4 nitrogen and oxygen atoms in total. The minimum absolute atomic E-state index is 0.312. The van der Waals surface area contributed by atoms with Crippen LogP contribution in [0.4, 0.5) is 5.13 Å². The fourth-order valence-corrected chi connectivity index (χ4v) is 2.64. The molecule has 0 radical (unpaired) electrons. The zero-order valence-corrected chi connectivity index (χ0v) is 9.66. The Hall–Kier alpha value is -0.680. The lowest BCUT2D eigenvalue weighted by Gasteiger charge is -2.30. The summed E-state index contributed by atoms with van der Waals surface area (Å²) in [5.41, 5.74) is 0. The third kappa shape index (κ3) is 1.99. The molecule has 2 heterocycles. The lowest BCUT2D eigenvalue weighted by atomic mass is 10.3. The van der Waals surface area contributed by atoms with Crippen molar-refractivity contribution in [3.8, 4) is 0 Å². The zero-order valence-electron chi connectivity index (χ0n) is 8.85. The van der Waals surface area contributed by atoms with Crippen molar-refractivity contribution in [2.45, 2.75) is 31.8 Å². The van der Waals surface area contributed by atoms with Gasteiger partial charge >= 0.3 is 0 Å². The van der Waals surface area contributed by atoms with E-state index < -0.39 is 0 Å². The van der Waals surface area contributed by atoms with Crippen LogP contribution in [0, 0.1) is 0 Å². The Balaban J connectivity index is 1.73. The maximum absolute atomic E-state index is 5.51. The Kier molecular flexibility index (Phi) is 2.36. The molecule has 15 heavy (non-hydrogen) atoms. The quantitative estimate of drug-likeness (QED) is 0.767. The van der Waals surface area contributed by atoms with Crippen molar-refractivity contribution >= 4 is 16.7 Å². The van der Waals surface area contributed by atoms with E-state index in [1.165, 1.54) is 24.4 Å². The van der Waals surface area contributed by atoms with Crippen LogP contribution < -0.4 is 4.90 Å². The third-order valence-corrected chi connectivity index (χ3v) is 3.68. The van der Waals surface area contributed by atoms with Gasteiger partial charge in [-0.2, -0.15) is 4.37 Å². The van der Waals surface area contributed by atoms with E-state index in [1.54, 1.807) is 0 Å². The van der Waals surface area contributed by atoms with Gasteiger partial charge in [-0.1, -0.05) is 0 Å². The Labute approximate surface area is 93.4 Å². The molecule has 0 amide bonds. The molecular weight excluding hydrogens is 210 g/mol. The first-order chi connectivity index (χ1) is 7.33. The van der Waals surface area contributed by atoms with Crippen molar-refractivity contribution in [3.05, 3.63) is 5.82 Å². The highest BCUT2D eigenvalue weighted by Crippen LogP contribution is 2.39. The number of aromatic nitrogens is 2. The molecule has 3 rings (SSSR count). The van der Waals surface area contributed by atoms with Crippen LogP contribution in [0.1, 0.15) is 31.5 Å². The van der Waals surface area contributed by atoms with Crippen LogP contribution in [-0.4, -0.2) is 35.2 Å². The summed E-state index contributed by atoms with van der Waals surface area (Å²) in [6.45, 7) is 4.80. The van der Waals surface area contributed by atoms with Gasteiger partial charge in [0.25, 0.3) is 0 Å². The van der Waals surface area contributed by atoms with Gasteiger partial charge < -0.3 is 9.64 Å². The van der Waals surface area contributed by atoms with Crippen molar-refractivity contribution in [2.75, 3.05) is 24.6 Å². The normalized spacial score (nSPS) is 27.0. The van der Waals surface area contributed by atoms with E-state index in [1.807, 2.05) is 0 Å². The number of anilines is 1. The summed E-state index contributed by atoms with van der Waals surface area (Å²) in [5.74, 6) is 1.72. The summed E-state index contributed by atoms with van der Waals surface area (Å²) in [6.07, 6.45) is 2.86. The maximum Gasteiger partial charge on any atom is 0.205 e. The Bertz CT molecular complexity index is 350. The summed E-state index contributed by atoms with van der Waals surface area (Å²) in [6, 6.07) is 0. The average molecular weight is 225 g/mol. The molecule has 0 aromatic carbocycles.